The van der Waals surface area contributed by atoms with Crippen molar-refractivity contribution >= 4 is 11.9 Å². The molecule has 1 atom stereocenters. The fourth-order valence-corrected chi connectivity index (χ4v) is 4.01. The average molecular weight is 376 g/mol. The van der Waals surface area contributed by atoms with E-state index >= 15 is 0 Å². The van der Waals surface area contributed by atoms with Crippen LogP contribution >= 0.6 is 0 Å². The number of hydrogen-bond donors (Lipinski definition) is 1. The highest BCUT2D eigenvalue weighted by atomic mass is 16.5. The molecule has 0 aliphatic carbocycles. The topological polar surface area (TPSA) is 79.3 Å². The molecule has 3 rings (SSSR count). The van der Waals surface area contributed by atoms with Crippen LogP contribution in [-0.2, 0) is 14.3 Å². The lowest BCUT2D eigenvalue weighted by atomic mass is 9.91. The number of amides is 1. The molecule has 1 aromatic rings. The molecule has 27 heavy (non-hydrogen) atoms. The highest BCUT2D eigenvalue weighted by Crippen LogP contribution is 2.31. The van der Waals surface area contributed by atoms with E-state index in [1.165, 1.54) is 0 Å². The molecule has 7 nitrogen and oxygen atoms in total. The van der Waals surface area contributed by atoms with Gasteiger partial charge in [0, 0.05) is 32.1 Å². The molecule has 148 valence electrons. The molecule has 7 heteroatoms. The lowest BCUT2D eigenvalue weighted by Gasteiger charge is -2.38. The van der Waals surface area contributed by atoms with Gasteiger partial charge in [0.15, 0.2) is 0 Å². The van der Waals surface area contributed by atoms with Crippen LogP contribution in [0.15, 0.2) is 18.2 Å². The fourth-order valence-electron chi connectivity index (χ4n) is 4.01. The molecule has 0 saturated carbocycles. The molecule has 0 aromatic heterocycles. The van der Waals surface area contributed by atoms with Crippen LogP contribution in [0, 0.1) is 12.8 Å². The number of aliphatic carboxylic acids is 1. The molecule has 2 heterocycles. The maximum absolute atomic E-state index is 12.7. The van der Waals surface area contributed by atoms with Crippen molar-refractivity contribution in [2.45, 2.75) is 25.8 Å². The highest BCUT2D eigenvalue weighted by Gasteiger charge is 2.35. The first-order valence-electron chi connectivity index (χ1n) is 9.49. The number of hydrogen-bond acceptors (Lipinski definition) is 5. The minimum atomic E-state index is -0.860. The highest BCUT2D eigenvalue weighted by molar-refractivity contribution is 5.79. The minimum absolute atomic E-state index is 0.0224. The summed E-state index contributed by atoms with van der Waals surface area (Å²) in [7, 11) is 1.60. The minimum Gasteiger partial charge on any atom is -0.497 e. The molecule has 0 bridgehead atoms. The fraction of sp³-hybridized carbons (Fsp3) is 0.600. The summed E-state index contributed by atoms with van der Waals surface area (Å²) in [5.74, 6) is 0.0210. The number of carboxylic acid groups (broad SMARTS) is 1. The smallest absolute Gasteiger partial charge is 0.325 e. The van der Waals surface area contributed by atoms with E-state index in [-0.39, 0.29) is 11.8 Å². The molecule has 2 fully saturated rings. The van der Waals surface area contributed by atoms with Crippen LogP contribution in [-0.4, -0.2) is 73.3 Å². The lowest BCUT2D eigenvalue weighted by molar-refractivity contribution is -0.145. The predicted octanol–water partition coefficient (Wildman–Crippen LogP) is 1.70. The van der Waals surface area contributed by atoms with E-state index in [0.717, 1.165) is 16.9 Å². The third kappa shape index (κ3) is 4.42. The van der Waals surface area contributed by atoms with Crippen LogP contribution in [0.5, 0.6) is 5.75 Å². The number of piperidine rings is 1. The first kappa shape index (κ1) is 19.6. The zero-order valence-electron chi connectivity index (χ0n) is 16.0. The zero-order valence-corrected chi connectivity index (χ0v) is 16.0. The molecule has 0 radical (unpaired) electrons. The van der Waals surface area contributed by atoms with Crippen LogP contribution in [0.4, 0.5) is 0 Å². The Morgan fingerprint density at radius 1 is 1.19 bits per heavy atom. The number of benzene rings is 1. The Balaban J connectivity index is 1.67. The normalized spacial score (nSPS) is 20.3. The van der Waals surface area contributed by atoms with Crippen molar-refractivity contribution < 1.29 is 24.2 Å². The molecule has 2 aliphatic heterocycles. The second kappa shape index (κ2) is 8.71. The number of methoxy groups -OCH3 is 1. The van der Waals surface area contributed by atoms with Gasteiger partial charge in [-0.05, 0) is 43.0 Å². The van der Waals surface area contributed by atoms with E-state index in [0.29, 0.717) is 52.2 Å². The first-order chi connectivity index (χ1) is 13.0. The van der Waals surface area contributed by atoms with Gasteiger partial charge in [-0.1, -0.05) is 6.07 Å². The predicted molar refractivity (Wildman–Crippen MR) is 99.8 cm³/mol. The van der Waals surface area contributed by atoms with Gasteiger partial charge in [0.2, 0.25) is 5.91 Å². The van der Waals surface area contributed by atoms with Crippen molar-refractivity contribution in [3.05, 3.63) is 29.3 Å². The van der Waals surface area contributed by atoms with Gasteiger partial charge in [0.25, 0.3) is 0 Å². The Morgan fingerprint density at radius 2 is 1.85 bits per heavy atom. The van der Waals surface area contributed by atoms with Gasteiger partial charge in [-0.25, -0.2) is 0 Å². The standard InChI is InChI=1S/C20H28N2O5/c1-14-13-16(26-2)3-4-17(14)18(20(24)25)21-7-5-15(6-8-21)19(23)22-9-11-27-12-10-22/h3-4,13,15,18H,5-12H2,1-2H3,(H,24,25). The number of morpholine rings is 1. The SMILES string of the molecule is COc1ccc(C(C(=O)O)N2CCC(C(=O)N3CCOCC3)CC2)c(C)c1. The van der Waals surface area contributed by atoms with Crippen molar-refractivity contribution in [3.8, 4) is 5.75 Å². The van der Waals surface area contributed by atoms with Gasteiger partial charge in [0.1, 0.15) is 11.8 Å². The maximum atomic E-state index is 12.7. The Labute approximate surface area is 159 Å². The van der Waals surface area contributed by atoms with E-state index < -0.39 is 12.0 Å². The monoisotopic (exact) mass is 376 g/mol. The van der Waals surface area contributed by atoms with Crippen molar-refractivity contribution in [3.63, 3.8) is 0 Å². The number of carbonyl (C=O) groups is 2. The molecular weight excluding hydrogens is 348 g/mol. The van der Waals surface area contributed by atoms with Gasteiger partial charge in [0.05, 0.1) is 20.3 Å². The summed E-state index contributed by atoms with van der Waals surface area (Å²) >= 11 is 0. The Kier molecular flexibility index (Phi) is 6.34. The van der Waals surface area contributed by atoms with Crippen LogP contribution in [0.3, 0.4) is 0 Å². The number of aryl methyl sites for hydroxylation is 1. The van der Waals surface area contributed by atoms with E-state index in [1.807, 2.05) is 28.9 Å². The van der Waals surface area contributed by atoms with Crippen molar-refractivity contribution in [2.24, 2.45) is 5.92 Å². The summed E-state index contributed by atoms with van der Waals surface area (Å²) in [6.45, 7) is 5.61. The molecule has 1 N–H and O–H groups in total. The molecule has 2 aliphatic rings. The van der Waals surface area contributed by atoms with Crippen molar-refractivity contribution in [2.75, 3.05) is 46.5 Å². The first-order valence-corrected chi connectivity index (χ1v) is 9.49. The van der Waals surface area contributed by atoms with Gasteiger partial charge >= 0.3 is 5.97 Å². The van der Waals surface area contributed by atoms with Crippen LogP contribution < -0.4 is 4.74 Å². The van der Waals surface area contributed by atoms with Crippen LogP contribution in [0.25, 0.3) is 0 Å². The third-order valence-corrected chi connectivity index (χ3v) is 5.57. The second-order valence-electron chi connectivity index (χ2n) is 7.21. The molecule has 0 spiro atoms. The number of nitrogens with zero attached hydrogens (tertiary/aromatic N) is 2. The quantitative estimate of drug-likeness (QED) is 0.843. The summed E-state index contributed by atoms with van der Waals surface area (Å²) in [4.78, 5) is 28.5. The van der Waals surface area contributed by atoms with Crippen LogP contribution in [0.2, 0.25) is 0 Å². The summed E-state index contributed by atoms with van der Waals surface area (Å²) in [5, 5.41) is 9.85. The maximum Gasteiger partial charge on any atom is 0.325 e. The number of rotatable bonds is 5. The second-order valence-corrected chi connectivity index (χ2v) is 7.21. The molecule has 2 saturated heterocycles. The third-order valence-electron chi connectivity index (χ3n) is 5.57. The molecular formula is C20H28N2O5. The Morgan fingerprint density at radius 3 is 2.41 bits per heavy atom. The van der Waals surface area contributed by atoms with E-state index in [4.69, 9.17) is 9.47 Å². The Bertz CT molecular complexity index is 679. The zero-order chi connectivity index (χ0) is 19.4. The van der Waals surface area contributed by atoms with Gasteiger partial charge in [-0.2, -0.15) is 0 Å². The van der Waals surface area contributed by atoms with Gasteiger partial charge in [-0.15, -0.1) is 0 Å². The van der Waals surface area contributed by atoms with E-state index in [9.17, 15) is 14.7 Å². The van der Waals surface area contributed by atoms with E-state index in [2.05, 4.69) is 0 Å². The lowest BCUT2D eigenvalue weighted by Crippen LogP contribution is -2.48. The van der Waals surface area contributed by atoms with Gasteiger partial charge < -0.3 is 19.5 Å². The number of ether oxygens (including phenoxy) is 2. The number of carboxylic acids is 1. The average Bonchev–Trinajstić information content (AvgIpc) is 2.69. The molecule has 1 amide bonds. The summed E-state index contributed by atoms with van der Waals surface area (Å²) in [5.41, 5.74) is 1.68. The van der Waals surface area contributed by atoms with Crippen molar-refractivity contribution in [1.82, 2.24) is 9.80 Å². The molecule has 1 unspecified atom stereocenters. The molecule has 1 aromatic carbocycles. The van der Waals surface area contributed by atoms with E-state index in [1.54, 1.807) is 13.2 Å². The summed E-state index contributed by atoms with van der Waals surface area (Å²) < 4.78 is 10.5. The Hall–Kier alpha value is -2.12. The van der Waals surface area contributed by atoms with Gasteiger partial charge in [-0.3, -0.25) is 14.5 Å². The summed E-state index contributed by atoms with van der Waals surface area (Å²) in [6.07, 6.45) is 1.38. The van der Waals surface area contributed by atoms with Crippen LogP contribution in [0.1, 0.15) is 30.0 Å². The largest absolute Gasteiger partial charge is 0.497 e. The number of likely N-dealkylation sites (tertiary alicyclic amines) is 1. The summed E-state index contributed by atoms with van der Waals surface area (Å²) in [6, 6.07) is 4.79. The van der Waals surface area contributed by atoms with Crippen molar-refractivity contribution in [1.29, 1.82) is 0 Å². The number of carbonyl (C=O) groups excluding carboxylic acids is 1.